The maximum Gasteiger partial charge on any atom is 0.417 e. The fourth-order valence-corrected chi connectivity index (χ4v) is 10.1. The molecule has 0 radical (unpaired) electrons. The summed E-state index contributed by atoms with van der Waals surface area (Å²) in [6, 6.07) is 63.7. The summed E-state index contributed by atoms with van der Waals surface area (Å²) in [5.41, 5.74) is 3.55. The van der Waals surface area contributed by atoms with Gasteiger partial charge in [0.15, 0.2) is 0 Å². The Balaban J connectivity index is 1.17. The third-order valence-electron chi connectivity index (χ3n) is 13.2. The van der Waals surface area contributed by atoms with Crippen LogP contribution in [0.5, 0.6) is 0 Å². The average Bonchev–Trinajstić information content (AvgIpc) is 3.92. The molecule has 11 heteroatoms. The van der Waals surface area contributed by atoms with Crippen molar-refractivity contribution in [2.45, 2.75) is 12.4 Å². The molecule has 4 aromatic heterocycles. The number of aromatic nitrogens is 4. The fourth-order valence-electron chi connectivity index (χ4n) is 10.1. The molecule has 8 aromatic carbocycles. The lowest BCUT2D eigenvalue weighted by atomic mass is 9.90. The molecule has 0 saturated heterocycles. The molecular weight excluding hydrogens is 917 g/mol. The number of nitriles is 1. The fraction of sp³-hybridized carbons (Fsp3) is 0.0328. The minimum atomic E-state index is -5.23. The molecule has 0 bridgehead atoms. The number of alkyl halides is 6. The molecule has 0 fully saturated rings. The van der Waals surface area contributed by atoms with E-state index < -0.39 is 29.0 Å². The van der Waals surface area contributed by atoms with Crippen molar-refractivity contribution in [3.63, 3.8) is 0 Å². The summed E-state index contributed by atoms with van der Waals surface area (Å²) in [4.78, 5) is 9.95. The number of pyridine rings is 2. The van der Waals surface area contributed by atoms with E-state index in [2.05, 4.69) is 6.07 Å². The molecule has 0 aliphatic rings. The Hall–Kier alpha value is -9.27. The first-order valence-electron chi connectivity index (χ1n) is 22.9. The zero-order valence-corrected chi connectivity index (χ0v) is 37.7. The van der Waals surface area contributed by atoms with Crippen LogP contribution in [0, 0.1) is 11.3 Å². The Morgan fingerprint density at radius 2 is 0.764 bits per heavy atom. The summed E-state index contributed by atoms with van der Waals surface area (Å²) < 4.78 is 96.5. The van der Waals surface area contributed by atoms with Crippen LogP contribution in [0.25, 0.3) is 111 Å². The molecule has 5 nitrogen and oxygen atoms in total. The summed E-state index contributed by atoms with van der Waals surface area (Å²) in [5.74, 6) is 0. The molecule has 72 heavy (non-hydrogen) atoms. The highest BCUT2D eigenvalue weighted by Gasteiger charge is 2.42. The number of hydrogen-bond acceptors (Lipinski definition) is 3. The molecule has 0 unspecified atom stereocenters. The van der Waals surface area contributed by atoms with Gasteiger partial charge in [0.1, 0.15) is 6.07 Å². The van der Waals surface area contributed by atoms with Crippen molar-refractivity contribution in [3.05, 3.63) is 229 Å². The van der Waals surface area contributed by atoms with Gasteiger partial charge in [-0.2, -0.15) is 31.6 Å². The minimum absolute atomic E-state index is 0.00312. The van der Waals surface area contributed by atoms with Gasteiger partial charge >= 0.3 is 12.4 Å². The van der Waals surface area contributed by atoms with Crippen LogP contribution in [0.2, 0.25) is 0 Å². The highest BCUT2D eigenvalue weighted by Crippen LogP contribution is 2.49. The second-order valence-corrected chi connectivity index (χ2v) is 17.4. The van der Waals surface area contributed by atoms with Crippen LogP contribution in [-0.4, -0.2) is 19.1 Å². The maximum atomic E-state index is 15.5. The number of fused-ring (bicyclic) bond motifs is 6. The lowest BCUT2D eigenvalue weighted by Gasteiger charge is -2.24. The molecule has 12 aromatic rings. The van der Waals surface area contributed by atoms with Crippen LogP contribution in [0.4, 0.5) is 26.3 Å². The quantitative estimate of drug-likeness (QED) is 0.150. The van der Waals surface area contributed by atoms with Gasteiger partial charge in [0.05, 0.1) is 72.9 Å². The summed E-state index contributed by atoms with van der Waals surface area (Å²) in [5, 5.41) is 14.1. The number of para-hydroxylation sites is 2. The standard InChI is InChI=1S/C61H35F6N5/c62-60(63,64)47-20-11-21-48(61(65,66)67)59(47)46-35-55(71-53-26-9-7-18-42(53)44-30-28-39(32-56(44)71)51-24-12-22-49(69-51)37-14-3-1-4-15-37)41(36-68)34-58(46)72-54-27-10-8-19-43(54)45-31-29-40(33-57(45)72)52-25-13-23-50(70-52)38-16-5-2-6-17-38/h1-35H. The van der Waals surface area contributed by atoms with E-state index in [1.54, 1.807) is 27.3 Å². The lowest BCUT2D eigenvalue weighted by molar-refractivity contribution is -0.142. The van der Waals surface area contributed by atoms with E-state index in [1.807, 2.05) is 164 Å². The van der Waals surface area contributed by atoms with Crippen molar-refractivity contribution < 1.29 is 26.3 Å². The highest BCUT2D eigenvalue weighted by molar-refractivity contribution is 6.12. The van der Waals surface area contributed by atoms with Crippen molar-refractivity contribution in [2.75, 3.05) is 0 Å². The Bertz CT molecular complexity index is 4110. The van der Waals surface area contributed by atoms with Gasteiger partial charge in [-0.15, -0.1) is 0 Å². The van der Waals surface area contributed by atoms with E-state index in [0.717, 1.165) is 33.7 Å². The average molecular weight is 952 g/mol. The van der Waals surface area contributed by atoms with Crippen LogP contribution in [0.1, 0.15) is 16.7 Å². The van der Waals surface area contributed by atoms with Crippen LogP contribution < -0.4 is 0 Å². The zero-order valence-electron chi connectivity index (χ0n) is 37.7. The van der Waals surface area contributed by atoms with Gasteiger partial charge in [-0.1, -0.05) is 140 Å². The Morgan fingerprint density at radius 1 is 0.361 bits per heavy atom. The van der Waals surface area contributed by atoms with Gasteiger partial charge in [-0.25, -0.2) is 9.97 Å². The van der Waals surface area contributed by atoms with Crippen molar-refractivity contribution in [1.29, 1.82) is 5.26 Å². The van der Waals surface area contributed by atoms with Gasteiger partial charge in [0, 0.05) is 54.9 Å². The third-order valence-corrected chi connectivity index (χ3v) is 13.2. The van der Waals surface area contributed by atoms with Gasteiger partial charge in [0.2, 0.25) is 0 Å². The normalized spacial score (nSPS) is 12.0. The third kappa shape index (κ3) is 7.43. The number of hydrogen-bond donors (Lipinski definition) is 0. The molecule has 346 valence electrons. The van der Waals surface area contributed by atoms with Crippen LogP contribution >= 0.6 is 0 Å². The van der Waals surface area contributed by atoms with E-state index in [0.29, 0.717) is 73.2 Å². The minimum Gasteiger partial charge on any atom is -0.309 e. The SMILES string of the molecule is N#Cc1cc(-n2c3ccccc3c3ccc(-c4cccc(-c5ccccc5)n4)cc32)c(-c2c(C(F)(F)F)cccc2C(F)(F)F)cc1-n1c2ccccc2c2ccc(-c3cccc(-c4ccccc4)n3)cc21. The topological polar surface area (TPSA) is 59.4 Å². The van der Waals surface area contributed by atoms with Crippen LogP contribution in [-0.2, 0) is 12.4 Å². The molecule has 4 heterocycles. The largest absolute Gasteiger partial charge is 0.417 e. The van der Waals surface area contributed by atoms with E-state index in [1.165, 1.54) is 12.1 Å². The predicted molar refractivity (Wildman–Crippen MR) is 273 cm³/mol. The summed E-state index contributed by atoms with van der Waals surface area (Å²) >= 11 is 0. The van der Waals surface area contributed by atoms with Crippen molar-refractivity contribution in [1.82, 2.24) is 19.1 Å². The smallest absolute Gasteiger partial charge is 0.309 e. The first-order valence-corrected chi connectivity index (χ1v) is 22.9. The highest BCUT2D eigenvalue weighted by atomic mass is 19.4. The number of rotatable bonds is 7. The lowest BCUT2D eigenvalue weighted by Crippen LogP contribution is -2.15. The van der Waals surface area contributed by atoms with E-state index >= 15 is 26.3 Å². The Labute approximate surface area is 407 Å². The van der Waals surface area contributed by atoms with E-state index in [-0.39, 0.29) is 22.5 Å². The van der Waals surface area contributed by atoms with Crippen molar-refractivity contribution in [2.24, 2.45) is 0 Å². The Morgan fingerprint density at radius 3 is 1.22 bits per heavy atom. The molecular formula is C61H35F6N5. The van der Waals surface area contributed by atoms with Crippen molar-refractivity contribution in [3.8, 4) is 73.6 Å². The van der Waals surface area contributed by atoms with E-state index in [9.17, 15) is 5.26 Å². The molecule has 0 spiro atoms. The van der Waals surface area contributed by atoms with Gasteiger partial charge in [-0.3, -0.25) is 0 Å². The molecule has 0 amide bonds. The zero-order chi connectivity index (χ0) is 49.3. The summed E-state index contributed by atoms with van der Waals surface area (Å²) in [6.07, 6.45) is -10.5. The molecule has 12 rings (SSSR count). The van der Waals surface area contributed by atoms with E-state index in [4.69, 9.17) is 9.97 Å². The number of nitrogens with zero attached hydrogens (tertiary/aromatic N) is 5. The Kier molecular flexibility index (Phi) is 10.4. The molecule has 0 N–H and O–H groups in total. The van der Waals surface area contributed by atoms with Gasteiger partial charge in [0.25, 0.3) is 0 Å². The first-order chi connectivity index (χ1) is 34.9. The molecule has 0 saturated carbocycles. The summed E-state index contributed by atoms with van der Waals surface area (Å²) in [7, 11) is 0. The van der Waals surface area contributed by atoms with Crippen molar-refractivity contribution >= 4 is 43.6 Å². The second kappa shape index (κ2) is 17.0. The summed E-state index contributed by atoms with van der Waals surface area (Å²) in [6.45, 7) is 0. The predicted octanol–water partition coefficient (Wildman–Crippen LogP) is 16.9. The first kappa shape index (κ1) is 44.0. The second-order valence-electron chi connectivity index (χ2n) is 17.4. The number of halogens is 6. The molecule has 0 atom stereocenters. The maximum absolute atomic E-state index is 15.5. The van der Waals surface area contributed by atoms with Crippen LogP contribution in [0.15, 0.2) is 212 Å². The number of benzene rings is 8. The molecule has 0 aliphatic heterocycles. The monoisotopic (exact) mass is 951 g/mol. The van der Waals surface area contributed by atoms with Gasteiger partial charge in [-0.05, 0) is 72.8 Å². The van der Waals surface area contributed by atoms with Gasteiger partial charge < -0.3 is 9.13 Å². The molecule has 0 aliphatic carbocycles. The van der Waals surface area contributed by atoms with Crippen LogP contribution in [0.3, 0.4) is 0 Å².